The zero-order valence-corrected chi connectivity index (χ0v) is 16.6. The van der Waals surface area contributed by atoms with Crippen LogP contribution in [0.15, 0.2) is 54.6 Å². The van der Waals surface area contributed by atoms with Gasteiger partial charge >= 0.3 is 12.1 Å². The van der Waals surface area contributed by atoms with Gasteiger partial charge < -0.3 is 20.5 Å². The average molecular weight is 384 g/mol. The van der Waals surface area contributed by atoms with Crippen molar-refractivity contribution in [2.45, 2.75) is 38.7 Å². The molecule has 6 nitrogen and oxygen atoms in total. The van der Waals surface area contributed by atoms with E-state index in [1.165, 1.54) is 0 Å². The number of hydrogen-bond acceptors (Lipinski definition) is 4. The molecule has 2 rings (SSSR count). The lowest BCUT2D eigenvalue weighted by atomic mass is 9.91. The van der Waals surface area contributed by atoms with E-state index in [9.17, 15) is 14.7 Å². The van der Waals surface area contributed by atoms with Crippen LogP contribution in [-0.4, -0.2) is 35.9 Å². The van der Waals surface area contributed by atoms with Gasteiger partial charge in [0, 0.05) is 18.8 Å². The summed E-state index contributed by atoms with van der Waals surface area (Å²) in [5.74, 6) is -1.56. The minimum absolute atomic E-state index is 0.419. The van der Waals surface area contributed by atoms with Gasteiger partial charge in [0.25, 0.3) is 0 Å². The van der Waals surface area contributed by atoms with E-state index in [-0.39, 0.29) is 0 Å². The summed E-state index contributed by atoms with van der Waals surface area (Å²) in [5, 5.41) is 15.6. The maximum atomic E-state index is 11.7. The van der Waals surface area contributed by atoms with Crippen molar-refractivity contribution in [3.05, 3.63) is 65.7 Å². The molecule has 3 N–H and O–H groups in total. The third-order valence-corrected chi connectivity index (χ3v) is 3.97. The van der Waals surface area contributed by atoms with Crippen LogP contribution in [0.4, 0.5) is 10.5 Å². The van der Waals surface area contributed by atoms with Gasteiger partial charge in [-0.1, -0.05) is 42.5 Å². The van der Waals surface area contributed by atoms with Crippen LogP contribution in [0.2, 0.25) is 0 Å². The van der Waals surface area contributed by atoms with Crippen molar-refractivity contribution >= 4 is 17.7 Å². The second-order valence-electron chi connectivity index (χ2n) is 7.51. The van der Waals surface area contributed by atoms with E-state index < -0.39 is 23.6 Å². The molecule has 0 saturated carbocycles. The fraction of sp³-hybridized carbons (Fsp3) is 0.364. The van der Waals surface area contributed by atoms with Crippen molar-refractivity contribution in [3.63, 3.8) is 0 Å². The predicted molar refractivity (Wildman–Crippen MR) is 110 cm³/mol. The molecule has 0 aliphatic heterocycles. The zero-order valence-electron chi connectivity index (χ0n) is 16.6. The van der Waals surface area contributed by atoms with Gasteiger partial charge in [0.15, 0.2) is 0 Å². The van der Waals surface area contributed by atoms with Gasteiger partial charge in [-0.25, -0.2) is 4.79 Å². The number of carbonyl (C=O) groups is 2. The molecular weight excluding hydrogens is 356 g/mol. The molecule has 0 aliphatic rings. The Labute approximate surface area is 165 Å². The Kier molecular flexibility index (Phi) is 7.44. The number of aliphatic carboxylic acids is 1. The highest BCUT2D eigenvalue weighted by Gasteiger charge is 2.21. The Morgan fingerprint density at radius 1 is 0.964 bits per heavy atom. The molecule has 0 heterocycles. The van der Waals surface area contributed by atoms with Crippen molar-refractivity contribution < 1.29 is 19.4 Å². The zero-order chi connectivity index (χ0) is 20.6. The van der Waals surface area contributed by atoms with Crippen LogP contribution in [0.1, 0.15) is 44.2 Å². The molecule has 0 aromatic heterocycles. The van der Waals surface area contributed by atoms with Crippen molar-refractivity contribution in [3.8, 4) is 0 Å². The lowest BCUT2D eigenvalue weighted by molar-refractivity contribution is -0.137. The maximum Gasteiger partial charge on any atom is 0.407 e. The fourth-order valence-corrected chi connectivity index (χ4v) is 2.74. The summed E-state index contributed by atoms with van der Waals surface area (Å²) in [7, 11) is 0. The summed E-state index contributed by atoms with van der Waals surface area (Å²) >= 11 is 0. The molecule has 0 saturated heterocycles. The molecule has 1 amide bonds. The number of carbonyl (C=O) groups excluding carboxylic acids is 1. The van der Waals surface area contributed by atoms with Crippen LogP contribution in [-0.2, 0) is 9.53 Å². The summed E-state index contributed by atoms with van der Waals surface area (Å²) < 4.78 is 5.18. The lowest BCUT2D eigenvalue weighted by Gasteiger charge is -2.19. The predicted octanol–water partition coefficient (Wildman–Crippen LogP) is 4.23. The molecule has 0 fully saturated rings. The SMILES string of the molecule is CC(C)(C)OC(=O)NCCCNc1ccc(C(C(=O)O)c2ccccc2)cc1. The highest BCUT2D eigenvalue weighted by atomic mass is 16.6. The molecule has 1 atom stereocenters. The first-order valence-electron chi connectivity index (χ1n) is 9.35. The van der Waals surface area contributed by atoms with Gasteiger partial charge in [-0.3, -0.25) is 4.79 Å². The van der Waals surface area contributed by atoms with E-state index in [4.69, 9.17) is 4.74 Å². The number of nitrogens with one attached hydrogen (secondary N) is 2. The Bertz CT molecular complexity index is 767. The Morgan fingerprint density at radius 3 is 2.14 bits per heavy atom. The summed E-state index contributed by atoms with van der Waals surface area (Å²) in [4.78, 5) is 23.3. The van der Waals surface area contributed by atoms with Crippen LogP contribution >= 0.6 is 0 Å². The largest absolute Gasteiger partial charge is 0.481 e. The van der Waals surface area contributed by atoms with Gasteiger partial charge in [-0.2, -0.15) is 0 Å². The standard InChI is InChI=1S/C22H28N2O4/c1-22(2,3)28-21(27)24-15-7-14-23-18-12-10-17(11-13-18)19(20(25)26)16-8-5-4-6-9-16/h4-6,8-13,19,23H,7,14-15H2,1-3H3,(H,24,27)(H,25,26). The summed E-state index contributed by atoms with van der Waals surface area (Å²) in [6.45, 7) is 6.66. The topological polar surface area (TPSA) is 87.7 Å². The van der Waals surface area contributed by atoms with Crippen LogP contribution < -0.4 is 10.6 Å². The Balaban J connectivity index is 1.82. The average Bonchev–Trinajstić information content (AvgIpc) is 2.62. The summed E-state index contributed by atoms with van der Waals surface area (Å²) in [6.07, 6.45) is 0.320. The summed E-state index contributed by atoms with van der Waals surface area (Å²) in [6, 6.07) is 16.6. The van der Waals surface area contributed by atoms with E-state index in [0.717, 1.165) is 23.2 Å². The number of carboxylic acid groups (broad SMARTS) is 1. The van der Waals surface area contributed by atoms with E-state index in [1.54, 1.807) is 0 Å². The minimum atomic E-state index is -0.875. The molecule has 2 aromatic carbocycles. The van der Waals surface area contributed by atoms with Crippen LogP contribution in [0, 0.1) is 0 Å². The number of ether oxygens (including phenoxy) is 1. The number of amides is 1. The van der Waals surface area contributed by atoms with Crippen molar-refractivity contribution in [2.75, 3.05) is 18.4 Å². The Hall–Kier alpha value is -3.02. The number of anilines is 1. The highest BCUT2D eigenvalue weighted by Crippen LogP contribution is 2.26. The molecule has 0 bridgehead atoms. The molecule has 1 unspecified atom stereocenters. The quantitative estimate of drug-likeness (QED) is 0.593. The normalized spacial score (nSPS) is 12.1. The fourth-order valence-electron chi connectivity index (χ4n) is 2.74. The van der Waals surface area contributed by atoms with E-state index in [1.807, 2.05) is 75.4 Å². The van der Waals surface area contributed by atoms with Crippen LogP contribution in [0.3, 0.4) is 0 Å². The molecular formula is C22H28N2O4. The van der Waals surface area contributed by atoms with E-state index >= 15 is 0 Å². The molecule has 0 aliphatic carbocycles. The smallest absolute Gasteiger partial charge is 0.407 e. The second-order valence-corrected chi connectivity index (χ2v) is 7.51. The van der Waals surface area contributed by atoms with Crippen molar-refractivity contribution in [2.24, 2.45) is 0 Å². The van der Waals surface area contributed by atoms with Crippen molar-refractivity contribution in [1.82, 2.24) is 5.32 Å². The number of alkyl carbamates (subject to hydrolysis) is 1. The first kappa shape index (κ1) is 21.3. The monoisotopic (exact) mass is 384 g/mol. The number of hydrogen-bond donors (Lipinski definition) is 3. The minimum Gasteiger partial charge on any atom is -0.481 e. The molecule has 2 aromatic rings. The van der Waals surface area contributed by atoms with Gasteiger partial charge in [0.05, 0.1) is 0 Å². The number of benzene rings is 2. The third-order valence-electron chi connectivity index (χ3n) is 3.97. The maximum absolute atomic E-state index is 11.7. The third kappa shape index (κ3) is 6.95. The number of rotatable bonds is 8. The van der Waals surface area contributed by atoms with Gasteiger partial charge in [0.2, 0.25) is 0 Å². The molecule has 6 heteroatoms. The van der Waals surface area contributed by atoms with Crippen molar-refractivity contribution in [1.29, 1.82) is 0 Å². The second kappa shape index (κ2) is 9.78. The molecule has 28 heavy (non-hydrogen) atoms. The molecule has 0 spiro atoms. The molecule has 0 radical (unpaired) electrons. The van der Waals surface area contributed by atoms with E-state index in [2.05, 4.69) is 10.6 Å². The van der Waals surface area contributed by atoms with Gasteiger partial charge in [-0.05, 0) is 50.5 Å². The summed E-state index contributed by atoms with van der Waals surface area (Å²) in [5.41, 5.74) is 1.88. The lowest BCUT2D eigenvalue weighted by Crippen LogP contribution is -2.33. The van der Waals surface area contributed by atoms with Crippen LogP contribution in [0.25, 0.3) is 0 Å². The highest BCUT2D eigenvalue weighted by molar-refractivity contribution is 5.80. The number of carboxylic acids is 1. The first-order valence-corrected chi connectivity index (χ1v) is 9.35. The molecule has 150 valence electrons. The van der Waals surface area contributed by atoms with Crippen LogP contribution in [0.5, 0.6) is 0 Å². The van der Waals surface area contributed by atoms with Gasteiger partial charge in [0.1, 0.15) is 11.5 Å². The van der Waals surface area contributed by atoms with E-state index in [0.29, 0.717) is 13.1 Å². The van der Waals surface area contributed by atoms with Gasteiger partial charge in [-0.15, -0.1) is 0 Å². The Morgan fingerprint density at radius 2 is 1.57 bits per heavy atom. The first-order chi connectivity index (χ1) is 13.3.